The van der Waals surface area contributed by atoms with Crippen LogP contribution in [0.25, 0.3) is 21.8 Å². The molecule has 9 nitrogen and oxygen atoms in total. The maximum Gasteiger partial charge on any atom is 0.446 e. The summed E-state index contributed by atoms with van der Waals surface area (Å²) in [7, 11) is -4.61. The van der Waals surface area contributed by atoms with Crippen molar-refractivity contribution in [1.29, 1.82) is 0 Å². The Hall–Kier alpha value is -3.47. The number of hydrogen-bond acceptors (Lipinski definition) is 8. The zero-order chi connectivity index (χ0) is 26.3. The monoisotopic (exact) mass is 533 g/mol. The van der Waals surface area contributed by atoms with Gasteiger partial charge in [-0.3, -0.25) is 19.4 Å². The summed E-state index contributed by atoms with van der Waals surface area (Å²) >= 11 is 0. The van der Waals surface area contributed by atoms with E-state index in [4.69, 9.17) is 9.17 Å². The molecule has 4 heterocycles. The molecule has 0 unspecified atom stereocenters. The Labute approximate surface area is 222 Å². The van der Waals surface area contributed by atoms with Gasteiger partial charge in [0, 0.05) is 74.5 Å². The fraction of sp³-hybridized carbons (Fsp3) is 0.357. The van der Waals surface area contributed by atoms with Crippen molar-refractivity contribution in [2.24, 2.45) is 0 Å². The predicted octanol–water partition coefficient (Wildman–Crippen LogP) is 4.06. The third kappa shape index (κ3) is 4.99. The second-order valence-electron chi connectivity index (χ2n) is 10.1. The molecule has 0 radical (unpaired) electrons. The Balaban J connectivity index is 1.13. The van der Waals surface area contributed by atoms with Crippen LogP contribution in [0, 0.1) is 6.92 Å². The lowest BCUT2D eigenvalue weighted by Crippen LogP contribution is -2.53. The quantitative estimate of drug-likeness (QED) is 0.381. The second-order valence-corrected chi connectivity index (χ2v) is 11.1. The molecule has 2 aliphatic heterocycles. The van der Waals surface area contributed by atoms with E-state index >= 15 is 0 Å². The largest absolute Gasteiger partial charge is 0.446 e. The number of fused-ring (bicyclic) bond motifs is 2. The molecule has 10 heteroatoms. The van der Waals surface area contributed by atoms with Crippen LogP contribution in [-0.2, 0) is 10.4 Å². The van der Waals surface area contributed by atoms with Crippen molar-refractivity contribution in [2.45, 2.75) is 25.8 Å². The predicted molar refractivity (Wildman–Crippen MR) is 149 cm³/mol. The van der Waals surface area contributed by atoms with E-state index in [0.717, 1.165) is 74.2 Å². The summed E-state index contributed by atoms with van der Waals surface area (Å²) in [6.45, 7) is 7.57. The first kappa shape index (κ1) is 24.8. The number of rotatable bonds is 5. The molecule has 38 heavy (non-hydrogen) atoms. The average molecular weight is 534 g/mol. The topological polar surface area (TPSA) is 99.1 Å². The van der Waals surface area contributed by atoms with Crippen LogP contribution in [0.15, 0.2) is 60.9 Å². The highest BCUT2D eigenvalue weighted by Gasteiger charge is 2.29. The van der Waals surface area contributed by atoms with Gasteiger partial charge < -0.3 is 14.0 Å². The van der Waals surface area contributed by atoms with Gasteiger partial charge >= 0.3 is 10.4 Å². The van der Waals surface area contributed by atoms with Crippen molar-refractivity contribution in [3.8, 4) is 5.75 Å². The number of pyridine rings is 2. The lowest BCUT2D eigenvalue weighted by Gasteiger charge is -2.44. The van der Waals surface area contributed by atoms with Crippen LogP contribution in [0.4, 0.5) is 11.4 Å². The van der Waals surface area contributed by atoms with E-state index < -0.39 is 10.4 Å². The summed E-state index contributed by atoms with van der Waals surface area (Å²) in [5.74, 6) is 0.0796. The number of nitrogens with zero attached hydrogens (tertiary/aromatic N) is 5. The Kier molecular flexibility index (Phi) is 6.55. The first-order valence-electron chi connectivity index (χ1n) is 13.0. The molecule has 198 valence electrons. The van der Waals surface area contributed by atoms with E-state index in [1.165, 1.54) is 16.6 Å². The summed E-state index contributed by atoms with van der Waals surface area (Å²) in [5.41, 5.74) is 5.16. The van der Waals surface area contributed by atoms with Gasteiger partial charge in [0.1, 0.15) is 5.75 Å². The fourth-order valence-corrected chi connectivity index (χ4v) is 6.25. The van der Waals surface area contributed by atoms with E-state index in [-0.39, 0.29) is 5.75 Å². The summed E-state index contributed by atoms with van der Waals surface area (Å²) in [5, 5.41) is 1.98. The smallest absolute Gasteiger partial charge is 0.370 e. The first-order valence-corrected chi connectivity index (χ1v) is 14.4. The van der Waals surface area contributed by atoms with Gasteiger partial charge in [-0.2, -0.15) is 8.42 Å². The lowest BCUT2D eigenvalue weighted by molar-refractivity contribution is 0.160. The van der Waals surface area contributed by atoms with Crippen LogP contribution in [0.2, 0.25) is 0 Å². The van der Waals surface area contributed by atoms with Gasteiger partial charge in [0.2, 0.25) is 0 Å². The second kappa shape index (κ2) is 10.0. The molecule has 0 aliphatic carbocycles. The Bertz CT molecular complexity index is 1580. The Morgan fingerprint density at radius 3 is 2.26 bits per heavy atom. The zero-order valence-corrected chi connectivity index (χ0v) is 22.1. The number of benzene rings is 2. The molecule has 2 aliphatic rings. The van der Waals surface area contributed by atoms with Crippen molar-refractivity contribution in [1.82, 2.24) is 14.9 Å². The minimum Gasteiger partial charge on any atom is -0.370 e. The van der Waals surface area contributed by atoms with Crippen molar-refractivity contribution >= 4 is 43.6 Å². The molecular formula is C28H31N5O4S. The Morgan fingerprint density at radius 1 is 0.842 bits per heavy atom. The van der Waals surface area contributed by atoms with Crippen molar-refractivity contribution in [2.75, 3.05) is 49.1 Å². The summed E-state index contributed by atoms with van der Waals surface area (Å²) in [4.78, 5) is 16.5. The normalized spacial score (nSPS) is 17.8. The number of aromatic nitrogens is 2. The van der Waals surface area contributed by atoms with E-state index in [2.05, 4.69) is 44.8 Å². The molecule has 0 atom stereocenters. The molecule has 0 saturated carbocycles. The third-order valence-electron chi connectivity index (χ3n) is 7.80. The van der Waals surface area contributed by atoms with Crippen molar-refractivity contribution < 1.29 is 17.2 Å². The summed E-state index contributed by atoms with van der Waals surface area (Å²) < 4.78 is 36.6. The first-order chi connectivity index (χ1) is 18.4. The van der Waals surface area contributed by atoms with Crippen LogP contribution >= 0.6 is 0 Å². The molecule has 1 N–H and O–H groups in total. The highest BCUT2D eigenvalue weighted by atomic mass is 32.3. The van der Waals surface area contributed by atoms with Gasteiger partial charge in [0.15, 0.2) is 0 Å². The molecule has 0 spiro atoms. The van der Waals surface area contributed by atoms with Gasteiger partial charge in [-0.25, -0.2) is 0 Å². The van der Waals surface area contributed by atoms with E-state index in [0.29, 0.717) is 6.04 Å². The molecule has 6 rings (SSSR count). The Morgan fingerprint density at radius 2 is 1.53 bits per heavy atom. The molecule has 0 amide bonds. The van der Waals surface area contributed by atoms with Crippen LogP contribution < -0.4 is 14.0 Å². The summed E-state index contributed by atoms with van der Waals surface area (Å²) in [6.07, 6.45) is 5.81. The van der Waals surface area contributed by atoms with E-state index in [1.54, 1.807) is 24.4 Å². The van der Waals surface area contributed by atoms with Gasteiger partial charge in [-0.15, -0.1) is 0 Å². The van der Waals surface area contributed by atoms with Crippen LogP contribution in [0.3, 0.4) is 0 Å². The van der Waals surface area contributed by atoms with E-state index in [9.17, 15) is 13.0 Å². The average Bonchev–Trinajstić information content (AvgIpc) is 2.92. The number of piperazine rings is 1. The highest BCUT2D eigenvalue weighted by Crippen LogP contribution is 2.33. The number of hydrogen-bond donors (Lipinski definition) is 1. The standard InChI is InChI=1S/C28H31N5O4S/c1-20-6-7-25(28-24(20)5-3-11-30-28)32-12-8-22(9-13-32)31-14-16-33(17-15-31)26-19-23(37-38(34,35)36)18-21-4-2-10-29-27(21)26/h2-7,10-11,18-19,22H,8-9,12-17H2,1H3,(H,34,35,36). The molecule has 0 bridgehead atoms. The molecule has 2 fully saturated rings. The van der Waals surface area contributed by atoms with Gasteiger partial charge in [-0.1, -0.05) is 18.2 Å². The van der Waals surface area contributed by atoms with Crippen LogP contribution in [0.1, 0.15) is 18.4 Å². The molecule has 4 aromatic rings. The fourth-order valence-electron chi connectivity index (χ4n) is 5.91. The molecule has 2 saturated heterocycles. The van der Waals surface area contributed by atoms with E-state index in [1.807, 2.05) is 18.3 Å². The minimum absolute atomic E-state index is 0.0796. The third-order valence-corrected chi connectivity index (χ3v) is 8.21. The number of aryl methyl sites for hydroxylation is 1. The van der Waals surface area contributed by atoms with Crippen molar-refractivity contribution in [3.05, 3.63) is 66.5 Å². The molecule has 2 aromatic heterocycles. The van der Waals surface area contributed by atoms with Gasteiger partial charge in [0.25, 0.3) is 0 Å². The lowest BCUT2D eigenvalue weighted by atomic mass is 10.00. The number of piperidine rings is 1. The maximum absolute atomic E-state index is 11.3. The van der Waals surface area contributed by atoms with Crippen LogP contribution in [-0.4, -0.2) is 73.1 Å². The van der Waals surface area contributed by atoms with Gasteiger partial charge in [-0.05, 0) is 49.6 Å². The molecular weight excluding hydrogens is 502 g/mol. The number of anilines is 2. The van der Waals surface area contributed by atoms with Crippen LogP contribution in [0.5, 0.6) is 5.75 Å². The highest BCUT2D eigenvalue weighted by molar-refractivity contribution is 7.81. The minimum atomic E-state index is -4.61. The summed E-state index contributed by atoms with van der Waals surface area (Å²) in [6, 6.07) is 16.0. The van der Waals surface area contributed by atoms with Gasteiger partial charge in [0.05, 0.1) is 22.4 Å². The van der Waals surface area contributed by atoms with Crippen molar-refractivity contribution in [3.63, 3.8) is 0 Å². The SMILES string of the molecule is Cc1ccc(N2CCC(N3CCN(c4cc(OS(=O)(=O)O)cc5cccnc45)CC3)CC2)c2ncccc12. The maximum atomic E-state index is 11.3. The molecule has 2 aromatic carbocycles. The zero-order valence-electron chi connectivity index (χ0n) is 21.3.